The zero-order valence-corrected chi connectivity index (χ0v) is 18.4. The molecule has 0 fully saturated rings. The van der Waals surface area contributed by atoms with Crippen LogP contribution in [0.2, 0.25) is 0 Å². The summed E-state index contributed by atoms with van der Waals surface area (Å²) in [6, 6.07) is 25.4. The third-order valence-corrected chi connectivity index (χ3v) is 6.57. The Bertz CT molecular complexity index is 1370. The first-order valence-electron chi connectivity index (χ1n) is 9.95. The van der Waals surface area contributed by atoms with Crippen molar-refractivity contribution in [3.05, 3.63) is 96.2 Å². The number of para-hydroxylation sites is 1. The van der Waals surface area contributed by atoms with Gasteiger partial charge in [-0.1, -0.05) is 54.6 Å². The monoisotopic (exact) mass is 446 g/mol. The van der Waals surface area contributed by atoms with E-state index in [0.29, 0.717) is 22.6 Å². The highest BCUT2D eigenvalue weighted by Gasteiger charge is 2.20. The van der Waals surface area contributed by atoms with Gasteiger partial charge in [0.15, 0.2) is 0 Å². The Morgan fingerprint density at radius 3 is 2.22 bits per heavy atom. The molecule has 0 saturated heterocycles. The summed E-state index contributed by atoms with van der Waals surface area (Å²) in [7, 11) is -2.30. The fourth-order valence-electron chi connectivity index (χ4n) is 3.33. The highest BCUT2D eigenvalue weighted by molar-refractivity contribution is 7.89. The number of anilines is 1. The molecule has 2 N–H and O–H groups in total. The van der Waals surface area contributed by atoms with Gasteiger partial charge in [0, 0.05) is 11.3 Å². The summed E-state index contributed by atoms with van der Waals surface area (Å²) in [5, 5.41) is 7.45. The molecule has 3 aromatic carbocycles. The maximum absolute atomic E-state index is 13.2. The molecule has 0 aliphatic carbocycles. The Labute approximate surface area is 186 Å². The molecule has 1 aromatic heterocycles. The molecule has 4 rings (SSSR count). The van der Waals surface area contributed by atoms with E-state index in [-0.39, 0.29) is 4.90 Å². The summed E-state index contributed by atoms with van der Waals surface area (Å²) in [6.07, 6.45) is 0. The van der Waals surface area contributed by atoms with Crippen molar-refractivity contribution in [1.82, 2.24) is 14.5 Å². The van der Waals surface area contributed by atoms with Gasteiger partial charge >= 0.3 is 0 Å². The highest BCUT2D eigenvalue weighted by atomic mass is 32.2. The van der Waals surface area contributed by atoms with Crippen molar-refractivity contribution in [3.8, 4) is 16.9 Å². The molecular weight excluding hydrogens is 424 g/mol. The molecule has 0 bridgehead atoms. The van der Waals surface area contributed by atoms with E-state index in [9.17, 15) is 13.2 Å². The second kappa shape index (κ2) is 8.78. The minimum atomic E-state index is -3.65. The van der Waals surface area contributed by atoms with E-state index in [0.717, 1.165) is 11.3 Å². The van der Waals surface area contributed by atoms with E-state index >= 15 is 0 Å². The van der Waals surface area contributed by atoms with Crippen LogP contribution in [-0.2, 0) is 10.0 Å². The minimum Gasteiger partial charge on any atom is -0.321 e. The van der Waals surface area contributed by atoms with Crippen LogP contribution in [0.15, 0.2) is 89.8 Å². The van der Waals surface area contributed by atoms with Crippen molar-refractivity contribution >= 4 is 21.6 Å². The van der Waals surface area contributed by atoms with Crippen LogP contribution in [0.25, 0.3) is 16.9 Å². The summed E-state index contributed by atoms with van der Waals surface area (Å²) >= 11 is 0. The van der Waals surface area contributed by atoms with Crippen molar-refractivity contribution in [2.24, 2.45) is 0 Å². The Morgan fingerprint density at radius 2 is 1.56 bits per heavy atom. The van der Waals surface area contributed by atoms with Gasteiger partial charge in [0.05, 0.1) is 16.3 Å². The van der Waals surface area contributed by atoms with Crippen molar-refractivity contribution in [3.63, 3.8) is 0 Å². The molecule has 32 heavy (non-hydrogen) atoms. The molecule has 0 unspecified atom stereocenters. The van der Waals surface area contributed by atoms with Crippen LogP contribution in [0.5, 0.6) is 0 Å². The third-order valence-electron chi connectivity index (χ3n) is 5.02. The molecule has 1 heterocycles. The SMILES string of the molecule is CNS(=O)(=O)c1cc(NC(=O)c2cc(-c3ccccc3)nn2-c2ccccc2)ccc1C. The van der Waals surface area contributed by atoms with Gasteiger partial charge in [-0.15, -0.1) is 0 Å². The number of carbonyl (C=O) groups excluding carboxylic acids is 1. The van der Waals surface area contributed by atoms with Gasteiger partial charge in [-0.2, -0.15) is 5.10 Å². The van der Waals surface area contributed by atoms with Gasteiger partial charge in [-0.05, 0) is 49.9 Å². The van der Waals surface area contributed by atoms with Crippen LogP contribution in [0, 0.1) is 6.92 Å². The first-order valence-corrected chi connectivity index (χ1v) is 11.4. The molecule has 0 atom stereocenters. The maximum atomic E-state index is 13.2. The Balaban J connectivity index is 1.74. The number of amides is 1. The summed E-state index contributed by atoms with van der Waals surface area (Å²) in [4.78, 5) is 13.3. The van der Waals surface area contributed by atoms with Gasteiger partial charge in [-0.3, -0.25) is 4.79 Å². The predicted octanol–water partition coefficient (Wildman–Crippen LogP) is 4.01. The normalized spacial score (nSPS) is 11.3. The van der Waals surface area contributed by atoms with Crippen LogP contribution >= 0.6 is 0 Å². The number of nitrogens with zero attached hydrogens (tertiary/aromatic N) is 2. The predicted molar refractivity (Wildman–Crippen MR) is 124 cm³/mol. The number of hydrogen-bond acceptors (Lipinski definition) is 4. The number of aryl methyl sites for hydroxylation is 1. The fraction of sp³-hybridized carbons (Fsp3) is 0.0833. The van der Waals surface area contributed by atoms with E-state index in [1.54, 1.807) is 29.8 Å². The Morgan fingerprint density at radius 1 is 0.906 bits per heavy atom. The number of rotatable bonds is 6. The lowest BCUT2D eigenvalue weighted by atomic mass is 10.1. The molecule has 0 spiro atoms. The highest BCUT2D eigenvalue weighted by Crippen LogP contribution is 2.24. The smallest absolute Gasteiger partial charge is 0.274 e. The van der Waals surface area contributed by atoms with Gasteiger partial charge in [0.1, 0.15) is 5.69 Å². The molecule has 0 aliphatic heterocycles. The topological polar surface area (TPSA) is 93.1 Å². The fourth-order valence-corrected chi connectivity index (χ4v) is 4.33. The van der Waals surface area contributed by atoms with Gasteiger partial charge in [0.25, 0.3) is 5.91 Å². The molecule has 8 heteroatoms. The van der Waals surface area contributed by atoms with Gasteiger partial charge in [0.2, 0.25) is 10.0 Å². The van der Waals surface area contributed by atoms with Crippen molar-refractivity contribution in [2.75, 3.05) is 12.4 Å². The maximum Gasteiger partial charge on any atom is 0.274 e. The van der Waals surface area contributed by atoms with E-state index in [2.05, 4.69) is 15.1 Å². The van der Waals surface area contributed by atoms with E-state index in [1.165, 1.54) is 13.1 Å². The number of aromatic nitrogens is 2. The zero-order chi connectivity index (χ0) is 22.7. The van der Waals surface area contributed by atoms with E-state index in [4.69, 9.17) is 0 Å². The van der Waals surface area contributed by atoms with Crippen LogP contribution in [-0.4, -0.2) is 31.2 Å². The minimum absolute atomic E-state index is 0.111. The summed E-state index contributed by atoms with van der Waals surface area (Å²) in [6.45, 7) is 1.70. The van der Waals surface area contributed by atoms with Crippen LogP contribution in [0.4, 0.5) is 5.69 Å². The summed E-state index contributed by atoms with van der Waals surface area (Å²) < 4.78 is 28.5. The largest absolute Gasteiger partial charge is 0.321 e. The number of nitrogens with one attached hydrogen (secondary N) is 2. The Hall–Kier alpha value is -3.75. The molecular formula is C24H22N4O3S. The molecule has 1 amide bonds. The van der Waals surface area contributed by atoms with Gasteiger partial charge < -0.3 is 5.32 Å². The lowest BCUT2D eigenvalue weighted by Gasteiger charge is -2.11. The first-order chi connectivity index (χ1) is 15.4. The quantitative estimate of drug-likeness (QED) is 0.468. The standard InChI is InChI=1S/C24H22N4O3S/c1-17-13-14-19(15-23(17)32(30,31)25-2)26-24(29)22-16-21(18-9-5-3-6-10-18)27-28(22)20-11-7-4-8-12-20/h3-16,25H,1-2H3,(H,26,29). The number of carbonyl (C=O) groups is 1. The second-order valence-electron chi connectivity index (χ2n) is 7.17. The zero-order valence-electron chi connectivity index (χ0n) is 17.6. The number of benzene rings is 3. The number of hydrogen-bond donors (Lipinski definition) is 2. The third kappa shape index (κ3) is 4.32. The van der Waals surface area contributed by atoms with Gasteiger partial charge in [-0.25, -0.2) is 17.8 Å². The molecule has 0 saturated carbocycles. The number of sulfonamides is 1. The molecule has 4 aromatic rings. The van der Waals surface area contributed by atoms with Crippen LogP contribution < -0.4 is 10.0 Å². The molecule has 162 valence electrons. The van der Waals surface area contributed by atoms with Crippen molar-refractivity contribution in [1.29, 1.82) is 0 Å². The second-order valence-corrected chi connectivity index (χ2v) is 9.03. The van der Waals surface area contributed by atoms with Crippen molar-refractivity contribution < 1.29 is 13.2 Å². The van der Waals surface area contributed by atoms with Crippen LogP contribution in [0.1, 0.15) is 16.1 Å². The average Bonchev–Trinajstić information content (AvgIpc) is 3.27. The first kappa shape index (κ1) is 21.5. The average molecular weight is 447 g/mol. The summed E-state index contributed by atoms with van der Waals surface area (Å²) in [5.41, 5.74) is 3.56. The molecule has 0 aliphatic rings. The van der Waals surface area contributed by atoms with E-state index in [1.807, 2.05) is 60.7 Å². The molecule has 7 nitrogen and oxygen atoms in total. The lowest BCUT2D eigenvalue weighted by molar-refractivity contribution is 0.101. The van der Waals surface area contributed by atoms with E-state index < -0.39 is 15.9 Å². The summed E-state index contributed by atoms with van der Waals surface area (Å²) in [5.74, 6) is -0.403. The van der Waals surface area contributed by atoms with Crippen molar-refractivity contribution in [2.45, 2.75) is 11.8 Å². The Kier molecular flexibility index (Phi) is 5.89. The van der Waals surface area contributed by atoms with Crippen LogP contribution in [0.3, 0.4) is 0 Å². The molecule has 0 radical (unpaired) electrons. The lowest BCUT2D eigenvalue weighted by Crippen LogP contribution is -2.21.